The first-order chi connectivity index (χ1) is 8.18. The first-order valence-electron chi connectivity index (χ1n) is 5.51. The van der Waals surface area contributed by atoms with Gasteiger partial charge in [0.1, 0.15) is 5.75 Å². The Balaban J connectivity index is 1.99. The Kier molecular flexibility index (Phi) is 3.91. The van der Waals surface area contributed by atoms with Crippen LogP contribution in [0.5, 0.6) is 5.75 Å². The van der Waals surface area contributed by atoms with Crippen LogP contribution in [0.15, 0.2) is 24.3 Å². The molecule has 0 saturated carbocycles. The lowest BCUT2D eigenvalue weighted by Crippen LogP contribution is -2.42. The smallest absolute Gasteiger partial charge is 0.240 e. The van der Waals surface area contributed by atoms with Gasteiger partial charge in [-0.15, -0.1) is 11.8 Å². The van der Waals surface area contributed by atoms with E-state index in [0.717, 1.165) is 17.2 Å². The number of nitrogens with zero attached hydrogens (tertiary/aromatic N) is 1. The minimum atomic E-state index is -0.0872. The van der Waals surface area contributed by atoms with Gasteiger partial charge >= 0.3 is 0 Å². The van der Waals surface area contributed by atoms with Gasteiger partial charge in [-0.05, 0) is 6.07 Å². The summed E-state index contributed by atoms with van der Waals surface area (Å²) in [5.74, 6) is 1.98. The fourth-order valence-corrected chi connectivity index (χ4v) is 2.73. The van der Waals surface area contributed by atoms with E-state index in [4.69, 9.17) is 0 Å². The van der Waals surface area contributed by atoms with Crippen LogP contribution in [0.4, 0.5) is 0 Å². The molecule has 0 spiro atoms. The van der Waals surface area contributed by atoms with E-state index >= 15 is 0 Å². The number of hydrogen-bond donors (Lipinski definition) is 2. The lowest BCUT2D eigenvalue weighted by atomic mass is 10.2. The molecule has 17 heavy (non-hydrogen) atoms. The molecule has 0 aliphatic carbocycles. The predicted molar refractivity (Wildman–Crippen MR) is 68.8 cm³/mol. The van der Waals surface area contributed by atoms with Gasteiger partial charge in [-0.2, -0.15) is 0 Å². The molecule has 1 saturated heterocycles. The normalized spacial score (nSPS) is 19.2. The number of phenolic OH excluding ortho intramolecular Hbond substituents is 1. The number of rotatable bonds is 3. The number of benzene rings is 1. The fourth-order valence-electron chi connectivity index (χ4n) is 1.80. The van der Waals surface area contributed by atoms with Crippen LogP contribution in [0.1, 0.15) is 5.56 Å². The van der Waals surface area contributed by atoms with Gasteiger partial charge < -0.3 is 10.0 Å². The van der Waals surface area contributed by atoms with Gasteiger partial charge in [0, 0.05) is 30.8 Å². The summed E-state index contributed by atoms with van der Waals surface area (Å²) in [6.45, 7) is 0.439. The first-order valence-corrected chi connectivity index (χ1v) is 6.67. The molecule has 5 heteroatoms. The van der Waals surface area contributed by atoms with Crippen molar-refractivity contribution >= 4 is 17.7 Å². The number of hydrogen-bond acceptors (Lipinski definition) is 4. The minimum Gasteiger partial charge on any atom is -0.508 e. The number of likely N-dealkylation sites (N-methyl/N-ethyl adjacent to an activating group) is 1. The van der Waals surface area contributed by atoms with Crippen molar-refractivity contribution in [3.8, 4) is 5.75 Å². The Labute approximate surface area is 105 Å². The molecule has 1 aromatic carbocycles. The number of carbonyl (C=O) groups is 1. The SMILES string of the molecule is CN(Cc1ccccc1O)C(=O)C1CSCN1. The summed E-state index contributed by atoms with van der Waals surface area (Å²) < 4.78 is 0. The van der Waals surface area contributed by atoms with Gasteiger partial charge in [0.05, 0.1) is 6.04 Å². The zero-order chi connectivity index (χ0) is 12.3. The van der Waals surface area contributed by atoms with Gasteiger partial charge in [0.25, 0.3) is 0 Å². The van der Waals surface area contributed by atoms with Crippen molar-refractivity contribution in [3.63, 3.8) is 0 Å². The highest BCUT2D eigenvalue weighted by Gasteiger charge is 2.25. The van der Waals surface area contributed by atoms with Crippen molar-refractivity contribution < 1.29 is 9.90 Å². The molecule has 1 atom stereocenters. The zero-order valence-corrected chi connectivity index (χ0v) is 10.5. The van der Waals surface area contributed by atoms with Crippen LogP contribution in [0.25, 0.3) is 0 Å². The van der Waals surface area contributed by atoms with Crippen LogP contribution in [0, 0.1) is 0 Å². The second-order valence-corrected chi connectivity index (χ2v) is 5.13. The largest absolute Gasteiger partial charge is 0.508 e. The van der Waals surface area contributed by atoms with Crippen molar-refractivity contribution in [3.05, 3.63) is 29.8 Å². The number of amides is 1. The second-order valence-electron chi connectivity index (χ2n) is 4.09. The van der Waals surface area contributed by atoms with Crippen molar-refractivity contribution in [1.29, 1.82) is 0 Å². The highest BCUT2D eigenvalue weighted by molar-refractivity contribution is 7.99. The molecule has 1 aliphatic heterocycles. The average Bonchev–Trinajstić information content (AvgIpc) is 2.84. The summed E-state index contributed by atoms with van der Waals surface area (Å²) in [7, 11) is 1.76. The van der Waals surface area contributed by atoms with Crippen LogP contribution in [-0.4, -0.2) is 40.6 Å². The highest BCUT2D eigenvalue weighted by atomic mass is 32.2. The molecule has 2 N–H and O–H groups in total. The predicted octanol–water partition coefficient (Wildman–Crippen LogP) is 1.01. The molecule has 1 aromatic rings. The van der Waals surface area contributed by atoms with E-state index in [-0.39, 0.29) is 17.7 Å². The molecule has 2 rings (SSSR count). The maximum absolute atomic E-state index is 12.0. The van der Waals surface area contributed by atoms with Crippen molar-refractivity contribution in [2.45, 2.75) is 12.6 Å². The Bertz CT molecular complexity index is 405. The van der Waals surface area contributed by atoms with Crippen LogP contribution >= 0.6 is 11.8 Å². The van der Waals surface area contributed by atoms with Crippen LogP contribution in [-0.2, 0) is 11.3 Å². The Morgan fingerprint density at radius 3 is 3.00 bits per heavy atom. The van der Waals surface area contributed by atoms with E-state index in [1.54, 1.807) is 35.8 Å². The highest BCUT2D eigenvalue weighted by Crippen LogP contribution is 2.18. The van der Waals surface area contributed by atoms with Gasteiger partial charge in [-0.1, -0.05) is 18.2 Å². The third-order valence-corrected chi connectivity index (χ3v) is 3.73. The Hall–Kier alpha value is -1.20. The number of nitrogens with one attached hydrogen (secondary N) is 1. The Morgan fingerprint density at radius 2 is 2.35 bits per heavy atom. The zero-order valence-electron chi connectivity index (χ0n) is 9.72. The summed E-state index contributed by atoms with van der Waals surface area (Å²) >= 11 is 1.73. The lowest BCUT2D eigenvalue weighted by Gasteiger charge is -2.21. The molecule has 4 nitrogen and oxygen atoms in total. The summed E-state index contributed by atoms with van der Waals surface area (Å²) in [6, 6.07) is 7.01. The minimum absolute atomic E-state index is 0.0817. The maximum atomic E-state index is 12.0. The molecule has 0 bridgehead atoms. The van der Waals surface area contributed by atoms with E-state index in [9.17, 15) is 9.90 Å². The topological polar surface area (TPSA) is 52.6 Å². The summed E-state index contributed by atoms with van der Waals surface area (Å²) in [5.41, 5.74) is 0.772. The molecule has 1 heterocycles. The van der Waals surface area contributed by atoms with E-state index in [1.165, 1.54) is 0 Å². The van der Waals surface area contributed by atoms with Crippen molar-refractivity contribution in [1.82, 2.24) is 10.2 Å². The van der Waals surface area contributed by atoms with Crippen LogP contribution in [0.2, 0.25) is 0 Å². The van der Waals surface area contributed by atoms with Crippen molar-refractivity contribution in [2.75, 3.05) is 18.7 Å². The quantitative estimate of drug-likeness (QED) is 0.843. The molecule has 92 valence electrons. The second kappa shape index (κ2) is 5.42. The summed E-state index contributed by atoms with van der Waals surface area (Å²) in [5, 5.41) is 12.8. The first kappa shape index (κ1) is 12.3. The third kappa shape index (κ3) is 2.92. The van der Waals surface area contributed by atoms with Gasteiger partial charge in [-0.25, -0.2) is 0 Å². The molecule has 1 aliphatic rings. The van der Waals surface area contributed by atoms with Crippen molar-refractivity contribution in [2.24, 2.45) is 0 Å². The molecular weight excluding hydrogens is 236 g/mol. The average molecular weight is 252 g/mol. The van der Waals surface area contributed by atoms with E-state index < -0.39 is 0 Å². The van der Waals surface area contributed by atoms with Gasteiger partial charge in [-0.3, -0.25) is 10.1 Å². The maximum Gasteiger partial charge on any atom is 0.240 e. The number of aromatic hydroxyl groups is 1. The number of carbonyl (C=O) groups excluding carboxylic acids is 1. The molecule has 0 radical (unpaired) electrons. The molecular formula is C12H16N2O2S. The standard InChI is InChI=1S/C12H16N2O2S/c1-14(12(16)10-7-17-8-13-10)6-9-4-2-3-5-11(9)15/h2-5,10,13,15H,6-8H2,1H3. The number of thioether (sulfide) groups is 1. The Morgan fingerprint density at radius 1 is 1.59 bits per heavy atom. The van der Waals surface area contributed by atoms with E-state index in [1.807, 2.05) is 12.1 Å². The van der Waals surface area contributed by atoms with E-state index in [0.29, 0.717) is 6.54 Å². The molecule has 1 fully saturated rings. The van der Waals surface area contributed by atoms with Gasteiger partial charge in [0.2, 0.25) is 5.91 Å². The molecule has 0 aromatic heterocycles. The number of phenols is 1. The fraction of sp³-hybridized carbons (Fsp3) is 0.417. The van der Waals surface area contributed by atoms with Gasteiger partial charge in [0.15, 0.2) is 0 Å². The third-order valence-electron chi connectivity index (χ3n) is 2.79. The lowest BCUT2D eigenvalue weighted by molar-refractivity contribution is -0.131. The summed E-state index contributed by atoms with van der Waals surface area (Å²) in [6.07, 6.45) is 0. The van der Waals surface area contributed by atoms with E-state index in [2.05, 4.69) is 5.32 Å². The summed E-state index contributed by atoms with van der Waals surface area (Å²) in [4.78, 5) is 13.7. The molecule has 1 amide bonds. The molecule has 1 unspecified atom stereocenters. The van der Waals surface area contributed by atoms with Crippen LogP contribution < -0.4 is 5.32 Å². The van der Waals surface area contributed by atoms with Crippen LogP contribution in [0.3, 0.4) is 0 Å². The monoisotopic (exact) mass is 252 g/mol. The number of para-hydroxylation sites is 1.